The summed E-state index contributed by atoms with van der Waals surface area (Å²) >= 11 is 1.47. The summed E-state index contributed by atoms with van der Waals surface area (Å²) in [7, 11) is 5.15. The number of hydrogen-bond acceptors (Lipinski definition) is 4. The van der Waals surface area contributed by atoms with E-state index in [9.17, 15) is 4.79 Å². The molecule has 0 spiro atoms. The van der Waals surface area contributed by atoms with Gasteiger partial charge in [-0.25, -0.2) is 4.68 Å². The minimum atomic E-state index is 0.00963. The van der Waals surface area contributed by atoms with Crippen molar-refractivity contribution in [1.82, 2.24) is 14.7 Å². The Morgan fingerprint density at radius 3 is 2.74 bits per heavy atom. The number of ether oxygens (including phenoxy) is 1. The van der Waals surface area contributed by atoms with Crippen LogP contribution in [0.5, 0.6) is 5.75 Å². The standard InChI is InChI=1S/C17H17N3O2S/c1-19(2)17(21)16-8-7-15(23-16)13-6-5-12(22-3)11-14(13)20-10-4-9-18-20/h4-11H,1-3H3. The van der Waals surface area contributed by atoms with Crippen molar-refractivity contribution in [2.24, 2.45) is 0 Å². The maximum Gasteiger partial charge on any atom is 0.263 e. The molecule has 6 heteroatoms. The number of nitrogens with zero attached hydrogens (tertiary/aromatic N) is 3. The van der Waals surface area contributed by atoms with Crippen molar-refractivity contribution in [3.63, 3.8) is 0 Å². The van der Waals surface area contributed by atoms with E-state index in [0.29, 0.717) is 4.88 Å². The number of thiophene rings is 1. The molecule has 1 aromatic carbocycles. The molecule has 0 atom stereocenters. The Morgan fingerprint density at radius 1 is 1.26 bits per heavy atom. The Hall–Kier alpha value is -2.60. The Labute approximate surface area is 138 Å². The van der Waals surface area contributed by atoms with E-state index in [0.717, 1.165) is 21.9 Å². The van der Waals surface area contributed by atoms with Gasteiger partial charge >= 0.3 is 0 Å². The number of carbonyl (C=O) groups is 1. The van der Waals surface area contributed by atoms with Gasteiger partial charge in [-0.1, -0.05) is 0 Å². The summed E-state index contributed by atoms with van der Waals surface area (Å²) in [4.78, 5) is 15.4. The number of amides is 1. The summed E-state index contributed by atoms with van der Waals surface area (Å²) in [5.41, 5.74) is 1.93. The van der Waals surface area contributed by atoms with Crippen LogP contribution in [0.25, 0.3) is 16.1 Å². The number of aromatic nitrogens is 2. The summed E-state index contributed by atoms with van der Waals surface area (Å²) in [5.74, 6) is 0.774. The summed E-state index contributed by atoms with van der Waals surface area (Å²) in [6, 6.07) is 11.5. The van der Waals surface area contributed by atoms with Crippen molar-refractivity contribution in [3.05, 3.63) is 53.7 Å². The molecule has 0 unspecified atom stereocenters. The van der Waals surface area contributed by atoms with Crippen LogP contribution >= 0.6 is 11.3 Å². The number of hydrogen-bond donors (Lipinski definition) is 0. The molecule has 0 bridgehead atoms. The van der Waals surface area contributed by atoms with Crippen LogP contribution in [-0.4, -0.2) is 41.8 Å². The molecular weight excluding hydrogens is 310 g/mol. The third-order valence-corrected chi connectivity index (χ3v) is 4.55. The van der Waals surface area contributed by atoms with Gasteiger partial charge in [0.15, 0.2) is 0 Å². The van der Waals surface area contributed by atoms with E-state index in [4.69, 9.17) is 4.74 Å². The van der Waals surface area contributed by atoms with Gasteiger partial charge in [-0.05, 0) is 30.3 Å². The Balaban J connectivity index is 2.08. The van der Waals surface area contributed by atoms with E-state index in [-0.39, 0.29) is 5.91 Å². The molecule has 0 fully saturated rings. The highest BCUT2D eigenvalue weighted by molar-refractivity contribution is 7.17. The largest absolute Gasteiger partial charge is 0.497 e. The van der Waals surface area contributed by atoms with E-state index in [1.807, 2.05) is 42.6 Å². The molecule has 3 aromatic rings. The lowest BCUT2D eigenvalue weighted by Crippen LogP contribution is -2.20. The van der Waals surface area contributed by atoms with Gasteiger partial charge in [-0.3, -0.25) is 4.79 Å². The molecule has 0 aliphatic heterocycles. The third kappa shape index (κ3) is 2.98. The van der Waals surface area contributed by atoms with Crippen molar-refractivity contribution >= 4 is 17.2 Å². The van der Waals surface area contributed by atoms with Gasteiger partial charge in [-0.2, -0.15) is 5.10 Å². The number of methoxy groups -OCH3 is 1. The molecular formula is C17H17N3O2S. The lowest BCUT2D eigenvalue weighted by Gasteiger charge is -2.11. The first-order valence-electron chi connectivity index (χ1n) is 7.10. The predicted molar refractivity (Wildman–Crippen MR) is 91.4 cm³/mol. The fraction of sp³-hybridized carbons (Fsp3) is 0.176. The molecule has 0 aliphatic rings. The SMILES string of the molecule is COc1ccc(-c2ccc(C(=O)N(C)C)s2)c(-n2cccn2)c1. The van der Waals surface area contributed by atoms with Crippen LogP contribution in [-0.2, 0) is 0 Å². The summed E-state index contributed by atoms with van der Waals surface area (Å²) in [5, 5.41) is 4.31. The van der Waals surface area contributed by atoms with E-state index in [1.165, 1.54) is 11.3 Å². The summed E-state index contributed by atoms with van der Waals surface area (Å²) in [6.07, 6.45) is 3.62. The van der Waals surface area contributed by atoms with E-state index < -0.39 is 0 Å². The number of rotatable bonds is 4. The van der Waals surface area contributed by atoms with E-state index in [1.54, 1.807) is 37.0 Å². The van der Waals surface area contributed by atoms with Crippen LogP contribution in [0.15, 0.2) is 48.8 Å². The molecule has 118 valence electrons. The zero-order valence-electron chi connectivity index (χ0n) is 13.2. The Morgan fingerprint density at radius 2 is 2.09 bits per heavy atom. The molecule has 0 aliphatic carbocycles. The van der Waals surface area contributed by atoms with Crippen LogP contribution in [0, 0.1) is 0 Å². The molecule has 2 aromatic heterocycles. The first-order valence-corrected chi connectivity index (χ1v) is 7.91. The maximum absolute atomic E-state index is 12.1. The van der Waals surface area contributed by atoms with Crippen molar-refractivity contribution in [2.75, 3.05) is 21.2 Å². The van der Waals surface area contributed by atoms with Crippen molar-refractivity contribution in [1.29, 1.82) is 0 Å². The normalized spacial score (nSPS) is 10.6. The maximum atomic E-state index is 12.1. The van der Waals surface area contributed by atoms with Crippen LogP contribution in [0.2, 0.25) is 0 Å². The molecule has 1 amide bonds. The second-order valence-corrected chi connectivity index (χ2v) is 6.28. The Bertz CT molecular complexity index is 822. The highest BCUT2D eigenvalue weighted by Gasteiger charge is 2.15. The predicted octanol–water partition coefficient (Wildman–Crippen LogP) is 3.31. The zero-order chi connectivity index (χ0) is 16.4. The van der Waals surface area contributed by atoms with Crippen molar-refractivity contribution in [3.8, 4) is 21.9 Å². The highest BCUT2D eigenvalue weighted by atomic mass is 32.1. The van der Waals surface area contributed by atoms with E-state index in [2.05, 4.69) is 5.10 Å². The van der Waals surface area contributed by atoms with Crippen LogP contribution in [0.3, 0.4) is 0 Å². The average molecular weight is 327 g/mol. The lowest BCUT2D eigenvalue weighted by atomic mass is 10.1. The minimum absolute atomic E-state index is 0.00963. The number of carbonyl (C=O) groups excluding carboxylic acids is 1. The fourth-order valence-corrected chi connectivity index (χ4v) is 3.33. The molecule has 0 saturated heterocycles. The smallest absolute Gasteiger partial charge is 0.263 e. The quantitative estimate of drug-likeness (QED) is 0.738. The van der Waals surface area contributed by atoms with Crippen LogP contribution in [0.1, 0.15) is 9.67 Å². The molecule has 0 N–H and O–H groups in total. The molecule has 3 rings (SSSR count). The fourth-order valence-electron chi connectivity index (χ4n) is 2.27. The van der Waals surface area contributed by atoms with Gasteiger partial charge in [0.2, 0.25) is 0 Å². The van der Waals surface area contributed by atoms with Gasteiger partial charge in [0, 0.05) is 43.0 Å². The summed E-state index contributed by atoms with van der Waals surface area (Å²) in [6.45, 7) is 0. The molecule has 23 heavy (non-hydrogen) atoms. The highest BCUT2D eigenvalue weighted by Crippen LogP contribution is 2.34. The topological polar surface area (TPSA) is 47.4 Å². The van der Waals surface area contributed by atoms with E-state index >= 15 is 0 Å². The summed E-state index contributed by atoms with van der Waals surface area (Å²) < 4.78 is 7.12. The molecule has 2 heterocycles. The molecule has 0 radical (unpaired) electrons. The van der Waals surface area contributed by atoms with Gasteiger partial charge in [0.05, 0.1) is 17.7 Å². The van der Waals surface area contributed by atoms with Crippen molar-refractivity contribution < 1.29 is 9.53 Å². The van der Waals surface area contributed by atoms with Gasteiger partial charge in [0.25, 0.3) is 5.91 Å². The second kappa shape index (κ2) is 6.26. The van der Waals surface area contributed by atoms with Gasteiger partial charge in [-0.15, -0.1) is 11.3 Å². The zero-order valence-corrected chi connectivity index (χ0v) is 14.0. The molecule has 5 nitrogen and oxygen atoms in total. The van der Waals surface area contributed by atoms with Gasteiger partial charge < -0.3 is 9.64 Å². The Kier molecular flexibility index (Phi) is 4.16. The minimum Gasteiger partial charge on any atom is -0.497 e. The van der Waals surface area contributed by atoms with Gasteiger partial charge in [0.1, 0.15) is 5.75 Å². The van der Waals surface area contributed by atoms with Crippen LogP contribution < -0.4 is 4.74 Å². The lowest BCUT2D eigenvalue weighted by molar-refractivity contribution is 0.0832. The van der Waals surface area contributed by atoms with Crippen LogP contribution in [0.4, 0.5) is 0 Å². The average Bonchev–Trinajstić information content (AvgIpc) is 3.25. The number of benzene rings is 1. The monoisotopic (exact) mass is 327 g/mol. The third-order valence-electron chi connectivity index (χ3n) is 3.44. The van der Waals surface area contributed by atoms with Crippen molar-refractivity contribution in [2.45, 2.75) is 0 Å². The second-order valence-electron chi connectivity index (χ2n) is 5.20. The first kappa shape index (κ1) is 15.3. The first-order chi connectivity index (χ1) is 11.1. The molecule has 0 saturated carbocycles.